The van der Waals surface area contributed by atoms with Gasteiger partial charge in [0.25, 0.3) is 11.2 Å². The fourth-order valence-electron chi connectivity index (χ4n) is 4.00. The molecule has 0 radical (unpaired) electrons. The molecule has 0 aromatic heterocycles. The first kappa shape index (κ1) is 29.7. The summed E-state index contributed by atoms with van der Waals surface area (Å²) < 4.78 is 162. The predicted molar refractivity (Wildman–Crippen MR) is 103 cm³/mol. The van der Waals surface area contributed by atoms with Crippen molar-refractivity contribution in [2.75, 3.05) is 0 Å². The van der Waals surface area contributed by atoms with Crippen molar-refractivity contribution in [1.82, 2.24) is 0 Å². The van der Waals surface area contributed by atoms with Crippen molar-refractivity contribution < 1.29 is 62.9 Å². The summed E-state index contributed by atoms with van der Waals surface area (Å²) in [6, 6.07) is 1.97. The van der Waals surface area contributed by atoms with Crippen LogP contribution in [0.5, 0.6) is 0 Å². The fourth-order valence-corrected chi connectivity index (χ4v) is 4.00. The molecular weight excluding hydrogens is 524 g/mol. The first-order chi connectivity index (χ1) is 15.8. The molecule has 2 rings (SSSR count). The molecule has 0 saturated carbocycles. The van der Waals surface area contributed by atoms with Gasteiger partial charge in [-0.25, -0.2) is 0 Å². The van der Waals surface area contributed by atoms with E-state index in [2.05, 4.69) is 0 Å². The largest absolute Gasteiger partial charge is 0.430 e. The summed E-state index contributed by atoms with van der Waals surface area (Å²) in [5.74, 6) is 0. The maximum absolute atomic E-state index is 13.5. The molecule has 0 aliphatic carbocycles. The summed E-state index contributed by atoms with van der Waals surface area (Å²) in [5.41, 5.74) is -17.1. The smallest absolute Gasteiger partial charge is 0.369 e. The van der Waals surface area contributed by atoms with Crippen LogP contribution in [0.1, 0.15) is 33.4 Å². The van der Waals surface area contributed by atoms with Gasteiger partial charge in [-0.2, -0.15) is 52.7 Å². The van der Waals surface area contributed by atoms with E-state index in [0.29, 0.717) is 0 Å². The molecule has 0 spiro atoms. The van der Waals surface area contributed by atoms with E-state index in [-0.39, 0.29) is 23.3 Å². The SMILES string of the molecule is Cc1cc(C)c(C(O)(C(F)(F)F)C(F)(F)F)cc1-c1cc(C(O)(C(F)(F)F)C(F)(F)F)c(C)cc1C. The first-order valence-electron chi connectivity index (χ1n) is 9.77. The monoisotopic (exact) mass is 542 g/mol. The second-order valence-corrected chi connectivity index (χ2v) is 8.38. The zero-order valence-electron chi connectivity index (χ0n) is 18.7. The summed E-state index contributed by atoms with van der Waals surface area (Å²) in [4.78, 5) is 0. The standard InChI is InChI=1S/C22H18F12O2/c1-9-5-11(3)15(17(35,19(23,24)25)20(26,27)28)7-13(9)14-8-16(12(4)6-10(14)2)18(36,21(29,30)31)22(32,33)34/h5-8,35-36H,1-4H3. The molecule has 0 bridgehead atoms. The maximum Gasteiger partial charge on any atom is 0.430 e. The number of aryl methyl sites for hydroxylation is 4. The number of rotatable bonds is 3. The third-order valence-corrected chi connectivity index (χ3v) is 5.85. The lowest BCUT2D eigenvalue weighted by Gasteiger charge is -2.35. The Morgan fingerprint density at radius 3 is 0.833 bits per heavy atom. The molecule has 36 heavy (non-hydrogen) atoms. The summed E-state index contributed by atoms with van der Waals surface area (Å²) in [6.45, 7) is 3.91. The van der Waals surface area contributed by atoms with E-state index in [4.69, 9.17) is 0 Å². The van der Waals surface area contributed by atoms with Gasteiger partial charge in [0.15, 0.2) is 0 Å². The van der Waals surface area contributed by atoms with Gasteiger partial charge in [0.05, 0.1) is 0 Å². The zero-order chi connectivity index (χ0) is 28.4. The quantitative estimate of drug-likeness (QED) is 0.403. The normalized spacial score (nSPS) is 14.4. The molecule has 0 unspecified atom stereocenters. The predicted octanol–water partition coefficient (Wildman–Crippen LogP) is 7.21. The van der Waals surface area contributed by atoms with Gasteiger partial charge in [-0.3, -0.25) is 0 Å². The highest BCUT2D eigenvalue weighted by Gasteiger charge is 2.73. The van der Waals surface area contributed by atoms with E-state index in [1.165, 1.54) is 0 Å². The van der Waals surface area contributed by atoms with E-state index >= 15 is 0 Å². The van der Waals surface area contributed by atoms with E-state index < -0.39 is 69.3 Å². The van der Waals surface area contributed by atoms with Crippen molar-refractivity contribution in [1.29, 1.82) is 0 Å². The molecule has 2 nitrogen and oxygen atoms in total. The van der Waals surface area contributed by atoms with Crippen molar-refractivity contribution >= 4 is 0 Å². The van der Waals surface area contributed by atoms with Crippen molar-refractivity contribution in [3.8, 4) is 11.1 Å². The van der Waals surface area contributed by atoms with Crippen molar-refractivity contribution in [3.05, 3.63) is 57.6 Å². The average molecular weight is 542 g/mol. The topological polar surface area (TPSA) is 40.5 Å². The minimum atomic E-state index is -6.29. The first-order valence-corrected chi connectivity index (χ1v) is 9.77. The Hall–Kier alpha value is -2.48. The Bertz CT molecular complexity index is 1030. The number of aliphatic hydroxyl groups is 2. The number of alkyl halides is 12. The summed E-state index contributed by atoms with van der Waals surface area (Å²) in [7, 11) is 0. The Balaban J connectivity index is 3.02. The molecule has 0 aliphatic heterocycles. The lowest BCUT2D eigenvalue weighted by atomic mass is 9.81. The second-order valence-electron chi connectivity index (χ2n) is 8.38. The van der Waals surface area contributed by atoms with Gasteiger partial charge in [0.1, 0.15) is 0 Å². The lowest BCUT2D eigenvalue weighted by Crippen LogP contribution is -2.54. The molecule has 202 valence electrons. The van der Waals surface area contributed by atoms with E-state index in [0.717, 1.165) is 39.8 Å². The number of benzene rings is 2. The van der Waals surface area contributed by atoms with E-state index in [1.807, 2.05) is 0 Å². The van der Waals surface area contributed by atoms with Crippen LogP contribution in [0.25, 0.3) is 11.1 Å². The summed E-state index contributed by atoms with van der Waals surface area (Å²) >= 11 is 0. The molecule has 0 saturated heterocycles. The Kier molecular flexibility index (Phi) is 7.05. The van der Waals surface area contributed by atoms with Crippen LogP contribution < -0.4 is 0 Å². The molecule has 2 aromatic carbocycles. The second kappa shape index (κ2) is 8.54. The highest BCUT2D eigenvalue weighted by Crippen LogP contribution is 2.54. The third kappa shape index (κ3) is 4.42. The van der Waals surface area contributed by atoms with Gasteiger partial charge >= 0.3 is 24.7 Å². The minimum Gasteiger partial charge on any atom is -0.369 e. The van der Waals surface area contributed by atoms with Gasteiger partial charge in [0, 0.05) is 11.1 Å². The molecule has 0 amide bonds. The summed E-state index contributed by atoms with van der Waals surface area (Å²) in [5, 5.41) is 19.6. The number of hydrogen-bond acceptors (Lipinski definition) is 2. The van der Waals surface area contributed by atoms with Crippen molar-refractivity contribution in [3.63, 3.8) is 0 Å². The Morgan fingerprint density at radius 2 is 0.639 bits per heavy atom. The highest BCUT2D eigenvalue weighted by molar-refractivity contribution is 5.74. The average Bonchev–Trinajstić information content (AvgIpc) is 2.64. The van der Waals surface area contributed by atoms with Crippen LogP contribution in [0.4, 0.5) is 52.7 Å². The van der Waals surface area contributed by atoms with Crippen LogP contribution in [-0.4, -0.2) is 34.9 Å². The number of halogens is 12. The van der Waals surface area contributed by atoms with Crippen LogP contribution in [0.15, 0.2) is 24.3 Å². The molecule has 0 aliphatic rings. The third-order valence-electron chi connectivity index (χ3n) is 5.85. The molecule has 2 N–H and O–H groups in total. The van der Waals surface area contributed by atoms with Gasteiger partial charge in [-0.1, -0.05) is 12.1 Å². The fraction of sp³-hybridized carbons (Fsp3) is 0.455. The van der Waals surface area contributed by atoms with Gasteiger partial charge in [-0.05, 0) is 73.2 Å². The van der Waals surface area contributed by atoms with Crippen molar-refractivity contribution in [2.24, 2.45) is 0 Å². The van der Waals surface area contributed by atoms with Crippen LogP contribution in [0.2, 0.25) is 0 Å². The van der Waals surface area contributed by atoms with Gasteiger partial charge in [-0.15, -0.1) is 0 Å². The molecule has 2 aromatic rings. The van der Waals surface area contributed by atoms with Crippen LogP contribution in [0.3, 0.4) is 0 Å². The van der Waals surface area contributed by atoms with Crippen LogP contribution in [0, 0.1) is 27.7 Å². The maximum atomic E-state index is 13.5. The van der Waals surface area contributed by atoms with E-state index in [9.17, 15) is 62.9 Å². The summed E-state index contributed by atoms with van der Waals surface area (Å²) in [6.07, 6.45) is -25.2. The van der Waals surface area contributed by atoms with Crippen LogP contribution in [-0.2, 0) is 11.2 Å². The molecule has 14 heteroatoms. The van der Waals surface area contributed by atoms with Gasteiger partial charge in [0.2, 0.25) is 0 Å². The van der Waals surface area contributed by atoms with E-state index in [1.54, 1.807) is 0 Å². The minimum absolute atomic E-state index is 0.122. The van der Waals surface area contributed by atoms with Gasteiger partial charge < -0.3 is 10.2 Å². The lowest BCUT2D eigenvalue weighted by molar-refractivity contribution is -0.377. The molecule has 0 atom stereocenters. The van der Waals surface area contributed by atoms with Crippen LogP contribution >= 0.6 is 0 Å². The Labute approximate surface area is 196 Å². The Morgan fingerprint density at radius 1 is 0.417 bits per heavy atom. The highest BCUT2D eigenvalue weighted by atomic mass is 19.4. The number of hydrogen-bond donors (Lipinski definition) is 2. The van der Waals surface area contributed by atoms with Crippen molar-refractivity contribution in [2.45, 2.75) is 63.6 Å². The zero-order valence-corrected chi connectivity index (χ0v) is 18.7. The molecular formula is C22H18F12O2. The molecule has 0 heterocycles. The molecule has 0 fully saturated rings.